The van der Waals surface area contributed by atoms with Gasteiger partial charge in [-0.25, -0.2) is 8.42 Å². The highest BCUT2D eigenvalue weighted by Gasteiger charge is 2.63. The topological polar surface area (TPSA) is 183 Å². The molecular formula is C42H55N5O9S. The molecule has 2 bridgehead atoms. The molecule has 5 fully saturated rings. The van der Waals surface area contributed by atoms with Gasteiger partial charge < -0.3 is 19.7 Å². The van der Waals surface area contributed by atoms with Crippen molar-refractivity contribution in [3.8, 4) is 6.01 Å². The number of carbonyl (C=O) groups is 4. The number of benzene rings is 1. The van der Waals surface area contributed by atoms with Gasteiger partial charge in [0, 0.05) is 18.9 Å². The second kappa shape index (κ2) is 15.5. The van der Waals surface area contributed by atoms with Gasteiger partial charge in [0.05, 0.1) is 34.5 Å². The van der Waals surface area contributed by atoms with E-state index in [-0.39, 0.29) is 61.2 Å². The maximum Gasteiger partial charge on any atom is 0.306 e. The Morgan fingerprint density at radius 1 is 0.947 bits per heavy atom. The number of hydrogen-bond acceptors (Lipinski definition) is 10. The van der Waals surface area contributed by atoms with E-state index in [1.165, 1.54) is 11.0 Å². The number of esters is 1. The number of sulfonamides is 1. The standard InChI is InChI=1S/C42H55N5O9S/c1-3-28-24-42(28,39(52)45-57(53,54)41(2)19-20-41)44-36(49)33-22-29-25-47(33)38(51)31(26-12-6-7-13-26)23-35(48)56-34-18-11-15-27(34)14-5-4-10-21-46-37(50)30-16-8-9-17-32(30)43-40(46)55-29/h3,8-9,16-17,26-29,31,33-34H,1,4-7,10-15,18-25H2,2H3,(H,44,49)(H,45,52)/t27-,28-,29-,31+,33+,34-,42-/m1/s1. The lowest BCUT2D eigenvalue weighted by molar-refractivity contribution is -0.156. The summed E-state index contributed by atoms with van der Waals surface area (Å²) < 4.78 is 41.6. The molecule has 1 aromatic carbocycles. The number of rotatable bonds is 7. The van der Waals surface area contributed by atoms with Crippen molar-refractivity contribution in [2.75, 3.05) is 6.54 Å². The quantitative estimate of drug-likeness (QED) is 0.303. The number of nitrogens with zero attached hydrogens (tertiary/aromatic N) is 3. The van der Waals surface area contributed by atoms with Gasteiger partial charge in [0.25, 0.3) is 17.5 Å². The first-order valence-electron chi connectivity index (χ1n) is 21.0. The molecule has 2 aromatic rings. The molecule has 0 unspecified atom stereocenters. The van der Waals surface area contributed by atoms with Crippen LogP contribution < -0.4 is 20.3 Å². The average Bonchev–Trinajstić information content (AvgIpc) is 3.81. The molecule has 2 N–H and O–H groups in total. The summed E-state index contributed by atoms with van der Waals surface area (Å²) in [5, 5.41) is 3.32. The summed E-state index contributed by atoms with van der Waals surface area (Å²) in [6.07, 6.45) is 10.9. The minimum absolute atomic E-state index is 0.0126. The summed E-state index contributed by atoms with van der Waals surface area (Å²) in [7, 11) is -4.00. The number of hydrogen-bond donors (Lipinski definition) is 2. The molecular weight excluding hydrogens is 751 g/mol. The molecule has 4 aliphatic carbocycles. The van der Waals surface area contributed by atoms with Crippen molar-refractivity contribution in [1.29, 1.82) is 0 Å². The average molecular weight is 806 g/mol. The lowest BCUT2D eigenvalue weighted by atomic mass is 9.86. The van der Waals surface area contributed by atoms with Crippen LogP contribution in [0, 0.1) is 23.7 Å². The zero-order valence-corrected chi connectivity index (χ0v) is 33.6. The molecule has 0 radical (unpaired) electrons. The maximum atomic E-state index is 14.9. The second-order valence-electron chi connectivity index (χ2n) is 17.7. The Labute approximate surface area is 333 Å². The van der Waals surface area contributed by atoms with Crippen LogP contribution in [-0.4, -0.2) is 81.6 Å². The van der Waals surface area contributed by atoms with E-state index in [0.29, 0.717) is 36.7 Å². The van der Waals surface area contributed by atoms with Gasteiger partial charge in [0.2, 0.25) is 21.8 Å². The van der Waals surface area contributed by atoms with Gasteiger partial charge >= 0.3 is 5.97 Å². The summed E-state index contributed by atoms with van der Waals surface area (Å²) >= 11 is 0. The number of amides is 3. The Morgan fingerprint density at radius 2 is 1.67 bits per heavy atom. The minimum Gasteiger partial charge on any atom is -0.462 e. The number of fused-ring (bicyclic) bond motifs is 5. The Balaban J connectivity index is 1.13. The summed E-state index contributed by atoms with van der Waals surface area (Å²) in [4.78, 5) is 77.1. The number of carbonyl (C=O) groups excluding carboxylic acids is 4. The van der Waals surface area contributed by atoms with E-state index in [1.807, 2.05) is 0 Å². The predicted octanol–water partition coefficient (Wildman–Crippen LogP) is 4.29. The molecule has 2 aliphatic heterocycles. The fourth-order valence-corrected chi connectivity index (χ4v) is 11.2. The van der Waals surface area contributed by atoms with E-state index in [1.54, 1.807) is 35.8 Å². The Kier molecular flexibility index (Phi) is 10.7. The van der Waals surface area contributed by atoms with Crippen LogP contribution in [0.1, 0.15) is 110 Å². The number of aromatic nitrogens is 2. The first-order chi connectivity index (χ1) is 27.3. The van der Waals surface area contributed by atoms with Crippen LogP contribution in [-0.2, 0) is 40.5 Å². The van der Waals surface area contributed by atoms with Gasteiger partial charge in [0.15, 0.2) is 0 Å². The zero-order valence-electron chi connectivity index (χ0n) is 32.8. The van der Waals surface area contributed by atoms with Crippen LogP contribution in [0.25, 0.3) is 10.9 Å². The van der Waals surface area contributed by atoms with Crippen molar-refractivity contribution in [3.05, 3.63) is 47.3 Å². The monoisotopic (exact) mass is 805 g/mol. The van der Waals surface area contributed by atoms with Crippen LogP contribution >= 0.6 is 0 Å². The highest BCUT2D eigenvalue weighted by Crippen LogP contribution is 2.47. The van der Waals surface area contributed by atoms with Crippen LogP contribution in [0.5, 0.6) is 6.01 Å². The predicted molar refractivity (Wildman–Crippen MR) is 210 cm³/mol. The van der Waals surface area contributed by atoms with Crippen molar-refractivity contribution >= 4 is 44.6 Å². The molecule has 4 saturated carbocycles. The highest BCUT2D eigenvalue weighted by molar-refractivity contribution is 7.91. The Hall–Kier alpha value is -4.27. The summed E-state index contributed by atoms with van der Waals surface area (Å²) in [6, 6.07) is 6.05. The van der Waals surface area contributed by atoms with Gasteiger partial charge in [-0.15, -0.1) is 6.58 Å². The largest absolute Gasteiger partial charge is 0.462 e. The van der Waals surface area contributed by atoms with E-state index >= 15 is 0 Å². The molecule has 308 valence electrons. The zero-order chi connectivity index (χ0) is 40.1. The number of para-hydroxylation sites is 1. The normalized spacial score (nSPS) is 31.9. The molecule has 3 heterocycles. The Bertz CT molecular complexity index is 2110. The second-order valence-corrected chi connectivity index (χ2v) is 19.9. The van der Waals surface area contributed by atoms with E-state index < -0.39 is 62.1 Å². The lowest BCUT2D eigenvalue weighted by Gasteiger charge is -2.32. The van der Waals surface area contributed by atoms with Crippen molar-refractivity contribution in [2.24, 2.45) is 23.7 Å². The fourth-order valence-electron chi connectivity index (χ4n) is 9.84. The van der Waals surface area contributed by atoms with E-state index in [9.17, 15) is 32.4 Å². The summed E-state index contributed by atoms with van der Waals surface area (Å²) in [5.74, 6) is -3.34. The highest BCUT2D eigenvalue weighted by atomic mass is 32.2. The third-order valence-corrected chi connectivity index (χ3v) is 16.0. The van der Waals surface area contributed by atoms with Crippen molar-refractivity contribution in [1.82, 2.24) is 24.5 Å². The van der Waals surface area contributed by atoms with E-state index in [0.717, 1.165) is 64.2 Å². The van der Waals surface area contributed by atoms with E-state index in [4.69, 9.17) is 14.5 Å². The molecule has 57 heavy (non-hydrogen) atoms. The maximum absolute atomic E-state index is 14.9. The van der Waals surface area contributed by atoms with Crippen LogP contribution in [0.4, 0.5) is 0 Å². The molecule has 0 spiro atoms. The first-order valence-corrected chi connectivity index (χ1v) is 22.5. The third kappa shape index (κ3) is 7.72. The number of ether oxygens (including phenoxy) is 2. The molecule has 3 amide bonds. The molecule has 7 atom stereocenters. The van der Waals surface area contributed by atoms with Gasteiger partial charge in [0.1, 0.15) is 23.8 Å². The van der Waals surface area contributed by atoms with Gasteiger partial charge in [-0.05, 0) is 95.1 Å². The van der Waals surface area contributed by atoms with Crippen LogP contribution in [0.3, 0.4) is 0 Å². The van der Waals surface area contributed by atoms with Crippen molar-refractivity contribution in [2.45, 2.75) is 145 Å². The summed E-state index contributed by atoms with van der Waals surface area (Å²) in [5.41, 5.74) is -1.33. The molecule has 1 aromatic heterocycles. The van der Waals surface area contributed by atoms with Crippen LogP contribution in [0.15, 0.2) is 41.7 Å². The molecule has 8 rings (SSSR count). The smallest absolute Gasteiger partial charge is 0.306 e. The van der Waals surface area contributed by atoms with Crippen molar-refractivity contribution < 1.29 is 37.1 Å². The molecule has 6 aliphatic rings. The first kappa shape index (κ1) is 39.6. The molecule has 14 nitrogen and oxygen atoms in total. The van der Waals surface area contributed by atoms with Gasteiger partial charge in [-0.3, -0.25) is 33.3 Å². The third-order valence-electron chi connectivity index (χ3n) is 13.8. The van der Waals surface area contributed by atoms with E-state index in [2.05, 4.69) is 16.6 Å². The summed E-state index contributed by atoms with van der Waals surface area (Å²) in [6.45, 7) is 5.73. The van der Waals surface area contributed by atoms with Crippen LogP contribution in [0.2, 0.25) is 0 Å². The molecule has 1 saturated heterocycles. The lowest BCUT2D eigenvalue weighted by Crippen LogP contribution is -2.57. The number of nitrogens with one attached hydrogen (secondary N) is 2. The minimum atomic E-state index is -4.00. The van der Waals surface area contributed by atoms with Crippen molar-refractivity contribution in [3.63, 3.8) is 0 Å². The van der Waals surface area contributed by atoms with Gasteiger partial charge in [-0.1, -0.05) is 43.9 Å². The van der Waals surface area contributed by atoms with Gasteiger partial charge in [-0.2, -0.15) is 4.98 Å². The fraction of sp³-hybridized carbons (Fsp3) is 0.667. The SMILES string of the molecule is C=C[C@@H]1C[C@]1(NC(=O)[C@@H]1C[C@@H]2CN1C(=O)[C@H](C1CCCC1)CC(=O)O[C@@H]1CCC[C@H]1CCCCCn1c(nc3ccccc3c1=O)O2)C(=O)NS(=O)(=O)C1(C)CC1. The molecule has 15 heteroatoms. The Morgan fingerprint density at radius 3 is 2.40 bits per heavy atom.